The summed E-state index contributed by atoms with van der Waals surface area (Å²) in [6.45, 7) is 1.09. The minimum atomic E-state index is -1.08. The van der Waals surface area contributed by atoms with E-state index in [1.807, 2.05) is 0 Å². The number of anilines is 1. The second-order valence-corrected chi connectivity index (χ2v) is 5.88. The van der Waals surface area contributed by atoms with Crippen molar-refractivity contribution in [2.75, 3.05) is 25.1 Å². The molecule has 6 nitrogen and oxygen atoms in total. The van der Waals surface area contributed by atoms with Crippen molar-refractivity contribution in [1.82, 2.24) is 0 Å². The van der Waals surface area contributed by atoms with Gasteiger partial charge in [-0.25, -0.2) is 4.79 Å². The fraction of sp³-hybridized carbons (Fsp3) is 0.500. The van der Waals surface area contributed by atoms with Crippen LogP contribution in [0.5, 0.6) is 5.75 Å². The van der Waals surface area contributed by atoms with E-state index in [0.29, 0.717) is 18.0 Å². The van der Waals surface area contributed by atoms with Gasteiger partial charge < -0.3 is 19.9 Å². The number of hydrogen-bond donors (Lipinski definition) is 2. The lowest BCUT2D eigenvalue weighted by Gasteiger charge is -2.21. The summed E-state index contributed by atoms with van der Waals surface area (Å²) < 4.78 is 10.3. The van der Waals surface area contributed by atoms with Crippen molar-refractivity contribution in [2.24, 2.45) is 5.92 Å². The van der Waals surface area contributed by atoms with Crippen molar-refractivity contribution < 1.29 is 24.2 Å². The summed E-state index contributed by atoms with van der Waals surface area (Å²) in [6.07, 6.45) is 3.33. The molecular formula is C16H20ClNO5. The number of rotatable bonds is 7. The molecule has 1 fully saturated rings. The fourth-order valence-corrected chi connectivity index (χ4v) is 2.66. The van der Waals surface area contributed by atoms with Gasteiger partial charge >= 0.3 is 5.97 Å². The number of nitrogens with one attached hydrogen (secondary N) is 1. The number of carbonyl (C=O) groups is 2. The molecule has 126 valence electrons. The molecule has 1 amide bonds. The smallest absolute Gasteiger partial charge is 0.341 e. The largest absolute Gasteiger partial charge is 0.480 e. The predicted molar refractivity (Wildman–Crippen MR) is 86.0 cm³/mol. The van der Waals surface area contributed by atoms with E-state index in [1.165, 1.54) is 0 Å². The Morgan fingerprint density at radius 1 is 1.35 bits per heavy atom. The van der Waals surface area contributed by atoms with Crippen LogP contribution in [0, 0.1) is 5.92 Å². The van der Waals surface area contributed by atoms with E-state index in [4.69, 9.17) is 26.2 Å². The molecule has 0 spiro atoms. The van der Waals surface area contributed by atoms with Gasteiger partial charge in [0.05, 0.1) is 5.02 Å². The number of aliphatic carboxylic acids is 1. The highest BCUT2D eigenvalue weighted by Gasteiger charge is 2.15. The molecule has 1 aromatic rings. The molecule has 23 heavy (non-hydrogen) atoms. The van der Waals surface area contributed by atoms with Gasteiger partial charge in [-0.15, -0.1) is 0 Å². The number of halogens is 1. The zero-order valence-electron chi connectivity index (χ0n) is 12.7. The van der Waals surface area contributed by atoms with Crippen molar-refractivity contribution in [3.8, 4) is 5.75 Å². The zero-order valence-corrected chi connectivity index (χ0v) is 13.5. The minimum Gasteiger partial charge on any atom is -0.480 e. The Bertz CT molecular complexity index is 557. The highest BCUT2D eigenvalue weighted by atomic mass is 35.5. The molecule has 1 aromatic carbocycles. The first-order chi connectivity index (χ1) is 11.0. The fourth-order valence-electron chi connectivity index (χ4n) is 2.43. The van der Waals surface area contributed by atoms with Crippen LogP contribution >= 0.6 is 11.6 Å². The zero-order chi connectivity index (χ0) is 16.7. The predicted octanol–water partition coefficient (Wildman–Crippen LogP) is 2.95. The number of hydrogen-bond acceptors (Lipinski definition) is 4. The minimum absolute atomic E-state index is 0.0632. The Kier molecular flexibility index (Phi) is 6.67. The van der Waals surface area contributed by atoms with Gasteiger partial charge in [-0.3, -0.25) is 4.79 Å². The second-order valence-electron chi connectivity index (χ2n) is 5.47. The molecule has 1 saturated heterocycles. The lowest BCUT2D eigenvalue weighted by atomic mass is 9.95. The molecule has 2 N–H and O–H groups in total. The molecule has 0 radical (unpaired) electrons. The van der Waals surface area contributed by atoms with Gasteiger partial charge in [-0.05, 0) is 43.4 Å². The van der Waals surface area contributed by atoms with Gasteiger partial charge in [0.15, 0.2) is 6.61 Å². The third kappa shape index (κ3) is 6.08. The van der Waals surface area contributed by atoms with Crippen molar-refractivity contribution in [3.63, 3.8) is 0 Å². The Morgan fingerprint density at radius 2 is 2.09 bits per heavy atom. The molecule has 1 aliphatic heterocycles. The molecule has 0 saturated carbocycles. The number of carboxylic acid groups (broad SMARTS) is 1. The third-order valence-electron chi connectivity index (χ3n) is 3.69. The van der Waals surface area contributed by atoms with Gasteiger partial charge in [0, 0.05) is 25.3 Å². The SMILES string of the molecule is O=C(O)COc1ccc(NC(=O)CCC2CCOCC2)cc1Cl. The number of ether oxygens (including phenoxy) is 2. The van der Waals surface area contributed by atoms with E-state index in [1.54, 1.807) is 18.2 Å². The highest BCUT2D eigenvalue weighted by Crippen LogP contribution is 2.28. The Balaban J connectivity index is 1.80. The first-order valence-electron chi connectivity index (χ1n) is 7.56. The maximum atomic E-state index is 12.0. The molecule has 0 atom stereocenters. The first-order valence-corrected chi connectivity index (χ1v) is 7.94. The summed E-state index contributed by atoms with van der Waals surface area (Å²) in [4.78, 5) is 22.4. The van der Waals surface area contributed by atoms with Crippen LogP contribution in [0.15, 0.2) is 18.2 Å². The normalized spacial score (nSPS) is 15.2. The molecule has 0 bridgehead atoms. The lowest BCUT2D eigenvalue weighted by Crippen LogP contribution is -2.18. The summed E-state index contributed by atoms with van der Waals surface area (Å²) >= 11 is 6.01. The van der Waals surface area contributed by atoms with Crippen molar-refractivity contribution in [3.05, 3.63) is 23.2 Å². The van der Waals surface area contributed by atoms with Crippen molar-refractivity contribution >= 4 is 29.2 Å². The summed E-state index contributed by atoms with van der Waals surface area (Å²) in [6, 6.07) is 4.72. The number of carboxylic acids is 1. The molecule has 0 aromatic heterocycles. The standard InChI is InChI=1S/C16H20ClNO5/c17-13-9-12(2-3-14(13)23-10-16(20)21)18-15(19)4-1-11-5-7-22-8-6-11/h2-3,9,11H,1,4-8,10H2,(H,18,19)(H,20,21). The molecule has 2 rings (SSSR count). The van der Waals surface area contributed by atoms with Crippen molar-refractivity contribution in [1.29, 1.82) is 0 Å². The Hall–Kier alpha value is -1.79. The molecule has 7 heteroatoms. The lowest BCUT2D eigenvalue weighted by molar-refractivity contribution is -0.139. The van der Waals surface area contributed by atoms with Gasteiger partial charge in [0.25, 0.3) is 0 Å². The van der Waals surface area contributed by atoms with Gasteiger partial charge in [0.2, 0.25) is 5.91 Å². The highest BCUT2D eigenvalue weighted by molar-refractivity contribution is 6.32. The van der Waals surface area contributed by atoms with E-state index in [-0.39, 0.29) is 16.7 Å². The van der Waals surface area contributed by atoms with Gasteiger partial charge in [0.1, 0.15) is 5.75 Å². The van der Waals surface area contributed by atoms with Crippen LogP contribution in [0.3, 0.4) is 0 Å². The molecule has 0 aliphatic carbocycles. The van der Waals surface area contributed by atoms with Crippen LogP contribution in [0.25, 0.3) is 0 Å². The van der Waals surface area contributed by atoms with Crippen LogP contribution in [0.4, 0.5) is 5.69 Å². The number of carbonyl (C=O) groups excluding carboxylic acids is 1. The third-order valence-corrected chi connectivity index (χ3v) is 3.98. The van der Waals surface area contributed by atoms with Crippen LogP contribution in [-0.4, -0.2) is 36.8 Å². The average Bonchev–Trinajstić information content (AvgIpc) is 2.53. The molecule has 0 unspecified atom stereocenters. The maximum absolute atomic E-state index is 12.0. The molecule has 1 aliphatic rings. The van der Waals surface area contributed by atoms with Crippen LogP contribution in [0.2, 0.25) is 5.02 Å². The maximum Gasteiger partial charge on any atom is 0.341 e. The summed E-state index contributed by atoms with van der Waals surface area (Å²) in [7, 11) is 0. The van der Waals surface area contributed by atoms with E-state index in [0.717, 1.165) is 32.5 Å². The Morgan fingerprint density at radius 3 is 2.74 bits per heavy atom. The average molecular weight is 342 g/mol. The van der Waals surface area contributed by atoms with Crippen LogP contribution < -0.4 is 10.1 Å². The van der Waals surface area contributed by atoms with Gasteiger partial charge in [-0.2, -0.15) is 0 Å². The topological polar surface area (TPSA) is 84.9 Å². The molecule has 1 heterocycles. The molecular weight excluding hydrogens is 322 g/mol. The van der Waals surface area contributed by atoms with E-state index < -0.39 is 12.6 Å². The summed E-state index contributed by atoms with van der Waals surface area (Å²) in [5, 5.41) is 11.6. The second kappa shape index (κ2) is 8.74. The van der Waals surface area contributed by atoms with E-state index in [2.05, 4.69) is 5.32 Å². The first kappa shape index (κ1) is 17.6. The number of amides is 1. The number of benzene rings is 1. The monoisotopic (exact) mass is 341 g/mol. The van der Waals surface area contributed by atoms with Crippen LogP contribution in [-0.2, 0) is 14.3 Å². The van der Waals surface area contributed by atoms with Crippen molar-refractivity contribution in [2.45, 2.75) is 25.7 Å². The summed E-state index contributed by atoms with van der Waals surface area (Å²) in [5.74, 6) is -0.322. The van der Waals surface area contributed by atoms with Crippen LogP contribution in [0.1, 0.15) is 25.7 Å². The van der Waals surface area contributed by atoms with Gasteiger partial charge in [-0.1, -0.05) is 11.6 Å². The van der Waals surface area contributed by atoms with E-state index >= 15 is 0 Å². The van der Waals surface area contributed by atoms with E-state index in [9.17, 15) is 9.59 Å². The Labute approximate surface area is 139 Å². The quantitative estimate of drug-likeness (QED) is 0.796. The summed E-state index contributed by atoms with van der Waals surface area (Å²) in [5.41, 5.74) is 0.564.